The van der Waals surface area contributed by atoms with E-state index >= 15 is 0 Å². The standard InChI is InChI=1S/C22H20N8O4/c1-30-11-9-22(32,20(30)31)17-12-16(29-34-17)14-5-3-4-13(24-14)15-8-10-23-21(25-15)26-18-6-7-19(33-2)28-27-18/h3-8,10,12,32H,9,11H2,1-2H3,(H,23,25,26,27)/t22-/m1/s1. The number of anilines is 2. The molecule has 0 aromatic carbocycles. The largest absolute Gasteiger partial charge is 0.480 e. The number of hydrogen-bond acceptors (Lipinski definition) is 11. The Kier molecular flexibility index (Phi) is 5.34. The van der Waals surface area contributed by atoms with Crippen molar-refractivity contribution in [1.82, 2.24) is 35.2 Å². The van der Waals surface area contributed by atoms with Gasteiger partial charge >= 0.3 is 0 Å². The van der Waals surface area contributed by atoms with Crippen LogP contribution >= 0.6 is 0 Å². The highest BCUT2D eigenvalue weighted by Crippen LogP contribution is 2.34. The van der Waals surface area contributed by atoms with Gasteiger partial charge in [0.05, 0.1) is 24.2 Å². The maximum atomic E-state index is 12.3. The second-order valence-corrected chi connectivity index (χ2v) is 7.67. The number of methoxy groups -OCH3 is 1. The summed E-state index contributed by atoms with van der Waals surface area (Å²) < 4.78 is 10.3. The summed E-state index contributed by atoms with van der Waals surface area (Å²) in [6, 6.07) is 12.0. The smallest absolute Gasteiger partial charge is 0.262 e. The number of likely N-dealkylation sites (tertiary alicyclic amines) is 1. The molecule has 0 aliphatic carbocycles. The van der Waals surface area contributed by atoms with E-state index in [1.54, 1.807) is 55.7 Å². The molecule has 0 saturated carbocycles. The number of rotatable bonds is 6. The van der Waals surface area contributed by atoms with Crippen molar-refractivity contribution in [2.45, 2.75) is 12.0 Å². The zero-order chi connectivity index (χ0) is 23.7. The van der Waals surface area contributed by atoms with Crippen LogP contribution in [0, 0.1) is 0 Å². The van der Waals surface area contributed by atoms with Gasteiger partial charge in [-0.05, 0) is 24.3 Å². The fraction of sp³-hybridized carbons (Fsp3) is 0.227. The van der Waals surface area contributed by atoms with Crippen LogP contribution in [-0.4, -0.2) is 66.9 Å². The zero-order valence-electron chi connectivity index (χ0n) is 18.3. The number of pyridine rings is 1. The molecule has 5 rings (SSSR count). The molecule has 0 bridgehead atoms. The third-order valence-corrected chi connectivity index (χ3v) is 5.45. The lowest BCUT2D eigenvalue weighted by molar-refractivity contribution is -0.144. The summed E-state index contributed by atoms with van der Waals surface area (Å²) in [7, 11) is 3.15. The molecule has 12 nitrogen and oxygen atoms in total. The van der Waals surface area contributed by atoms with Gasteiger partial charge in [-0.25, -0.2) is 15.0 Å². The number of carbonyl (C=O) groups is 1. The van der Waals surface area contributed by atoms with Gasteiger partial charge in [0.25, 0.3) is 5.91 Å². The van der Waals surface area contributed by atoms with E-state index in [4.69, 9.17) is 9.26 Å². The first kappa shape index (κ1) is 21.4. The van der Waals surface area contributed by atoms with E-state index in [2.05, 4.69) is 35.6 Å². The molecule has 1 aliphatic rings. The number of carbonyl (C=O) groups excluding carboxylic acids is 1. The average Bonchev–Trinajstić information content (AvgIpc) is 3.47. The van der Waals surface area contributed by atoms with Crippen LogP contribution in [0.25, 0.3) is 22.8 Å². The molecule has 12 heteroatoms. The minimum absolute atomic E-state index is 0.0955. The number of nitrogens with zero attached hydrogens (tertiary/aromatic N) is 7. The Morgan fingerprint density at radius 2 is 1.88 bits per heavy atom. The second-order valence-electron chi connectivity index (χ2n) is 7.67. The molecule has 0 radical (unpaired) electrons. The molecule has 0 spiro atoms. The highest BCUT2D eigenvalue weighted by molar-refractivity contribution is 5.87. The number of amides is 1. The van der Waals surface area contributed by atoms with E-state index in [-0.39, 0.29) is 12.2 Å². The summed E-state index contributed by atoms with van der Waals surface area (Å²) in [5.74, 6) is 0.852. The predicted octanol–water partition coefficient (Wildman–Crippen LogP) is 1.79. The quantitative estimate of drug-likeness (QED) is 0.433. The van der Waals surface area contributed by atoms with Crippen LogP contribution < -0.4 is 10.1 Å². The molecule has 4 aromatic rings. The summed E-state index contributed by atoms with van der Waals surface area (Å²) in [5, 5.41) is 25.7. The first-order valence-corrected chi connectivity index (χ1v) is 10.4. The van der Waals surface area contributed by atoms with Gasteiger partial charge in [-0.3, -0.25) is 4.79 Å². The van der Waals surface area contributed by atoms with Gasteiger partial charge in [-0.1, -0.05) is 11.2 Å². The minimum Gasteiger partial charge on any atom is -0.480 e. The molecule has 1 fully saturated rings. The van der Waals surface area contributed by atoms with Gasteiger partial charge in [0.1, 0.15) is 5.69 Å². The number of aliphatic hydroxyl groups is 1. The highest BCUT2D eigenvalue weighted by Gasteiger charge is 2.48. The Balaban J connectivity index is 1.39. The molecule has 5 heterocycles. The maximum absolute atomic E-state index is 12.3. The summed E-state index contributed by atoms with van der Waals surface area (Å²) in [6.45, 7) is 0.436. The van der Waals surface area contributed by atoms with Crippen LogP contribution in [0.2, 0.25) is 0 Å². The van der Waals surface area contributed by atoms with Crippen LogP contribution in [0.3, 0.4) is 0 Å². The fourth-order valence-corrected chi connectivity index (χ4v) is 3.56. The molecule has 34 heavy (non-hydrogen) atoms. The van der Waals surface area contributed by atoms with Gasteiger partial charge in [0.2, 0.25) is 17.4 Å². The van der Waals surface area contributed by atoms with E-state index in [1.807, 2.05) is 0 Å². The third-order valence-electron chi connectivity index (χ3n) is 5.45. The number of ether oxygens (including phenoxy) is 1. The van der Waals surface area contributed by atoms with Gasteiger partial charge in [-0.2, -0.15) is 0 Å². The summed E-state index contributed by atoms with van der Waals surface area (Å²) in [5.41, 5.74) is 0.326. The Morgan fingerprint density at radius 1 is 1.09 bits per heavy atom. The molecule has 2 N–H and O–H groups in total. The van der Waals surface area contributed by atoms with E-state index in [9.17, 15) is 9.90 Å². The van der Waals surface area contributed by atoms with Gasteiger partial charge in [0, 0.05) is 38.3 Å². The fourth-order valence-electron chi connectivity index (χ4n) is 3.56. The molecular formula is C22H20N8O4. The first-order chi connectivity index (χ1) is 16.5. The molecular weight excluding hydrogens is 440 g/mol. The van der Waals surface area contributed by atoms with Crippen molar-refractivity contribution in [3.8, 4) is 28.7 Å². The van der Waals surface area contributed by atoms with Gasteiger partial charge < -0.3 is 24.6 Å². The van der Waals surface area contributed by atoms with Crippen molar-refractivity contribution in [3.63, 3.8) is 0 Å². The zero-order valence-corrected chi connectivity index (χ0v) is 18.3. The van der Waals surface area contributed by atoms with Crippen LogP contribution in [-0.2, 0) is 10.4 Å². The molecule has 172 valence electrons. The maximum Gasteiger partial charge on any atom is 0.262 e. The minimum atomic E-state index is -1.71. The molecule has 4 aromatic heterocycles. The molecule has 0 unspecified atom stereocenters. The molecule has 1 aliphatic heterocycles. The number of likely N-dealkylation sites (N-methyl/N-ethyl adjacent to an activating group) is 1. The Morgan fingerprint density at radius 3 is 2.59 bits per heavy atom. The van der Waals surface area contributed by atoms with E-state index in [0.717, 1.165) is 0 Å². The number of nitrogens with one attached hydrogen (secondary N) is 1. The van der Waals surface area contributed by atoms with Crippen molar-refractivity contribution in [2.24, 2.45) is 0 Å². The summed E-state index contributed by atoms with van der Waals surface area (Å²) >= 11 is 0. The van der Waals surface area contributed by atoms with Gasteiger partial charge in [0.15, 0.2) is 11.6 Å². The van der Waals surface area contributed by atoms with Crippen molar-refractivity contribution in [3.05, 3.63) is 54.4 Å². The third kappa shape index (κ3) is 3.90. The summed E-state index contributed by atoms with van der Waals surface area (Å²) in [4.78, 5) is 27.1. The summed E-state index contributed by atoms with van der Waals surface area (Å²) in [6.07, 6.45) is 1.83. The first-order valence-electron chi connectivity index (χ1n) is 10.4. The topological polar surface area (TPSA) is 152 Å². The lowest BCUT2D eigenvalue weighted by atomic mass is 9.98. The van der Waals surface area contributed by atoms with E-state index < -0.39 is 11.5 Å². The van der Waals surface area contributed by atoms with E-state index in [0.29, 0.717) is 47.0 Å². The van der Waals surface area contributed by atoms with Crippen LogP contribution in [0.15, 0.2) is 53.2 Å². The van der Waals surface area contributed by atoms with Crippen molar-refractivity contribution < 1.29 is 19.2 Å². The Bertz CT molecular complexity index is 1340. The number of aromatic nitrogens is 6. The SMILES string of the molecule is COc1ccc(Nc2nccc(-c3cccc(-c4cc([C@]5(O)CCN(C)C5=O)on4)n3)n2)nn1. The Labute approximate surface area is 193 Å². The molecule has 1 saturated heterocycles. The molecule has 1 amide bonds. The second kappa shape index (κ2) is 8.48. The molecule has 1 atom stereocenters. The average molecular weight is 460 g/mol. The van der Waals surface area contributed by atoms with Crippen LogP contribution in [0.5, 0.6) is 5.88 Å². The van der Waals surface area contributed by atoms with Crippen molar-refractivity contribution in [1.29, 1.82) is 0 Å². The predicted molar refractivity (Wildman–Crippen MR) is 119 cm³/mol. The lowest BCUT2D eigenvalue weighted by Crippen LogP contribution is -2.35. The lowest BCUT2D eigenvalue weighted by Gasteiger charge is -2.16. The van der Waals surface area contributed by atoms with Gasteiger partial charge in [-0.15, -0.1) is 10.2 Å². The van der Waals surface area contributed by atoms with Crippen LogP contribution in [0.1, 0.15) is 12.2 Å². The number of hydrogen-bond donors (Lipinski definition) is 2. The Hall–Kier alpha value is -4.45. The normalized spacial score (nSPS) is 17.7. The van der Waals surface area contributed by atoms with E-state index in [1.165, 1.54) is 12.0 Å². The monoisotopic (exact) mass is 460 g/mol. The van der Waals surface area contributed by atoms with Crippen LogP contribution in [0.4, 0.5) is 11.8 Å². The van der Waals surface area contributed by atoms with Crippen molar-refractivity contribution in [2.75, 3.05) is 26.0 Å². The highest BCUT2D eigenvalue weighted by atomic mass is 16.5. The van der Waals surface area contributed by atoms with Crippen molar-refractivity contribution >= 4 is 17.7 Å².